The van der Waals surface area contributed by atoms with E-state index in [0.717, 1.165) is 25.4 Å². The molecule has 3 aromatic rings. The van der Waals surface area contributed by atoms with Crippen LogP contribution in [0.5, 0.6) is 0 Å². The van der Waals surface area contributed by atoms with E-state index in [9.17, 15) is 9.59 Å². The molecule has 4 heterocycles. The molecule has 0 saturated carbocycles. The van der Waals surface area contributed by atoms with Gasteiger partial charge in [-0.05, 0) is 63.6 Å². The number of nitrogens with one attached hydrogen (secondary N) is 1. The van der Waals surface area contributed by atoms with Gasteiger partial charge in [0, 0.05) is 31.7 Å². The van der Waals surface area contributed by atoms with Crippen molar-refractivity contribution in [2.45, 2.75) is 52.2 Å². The van der Waals surface area contributed by atoms with Crippen molar-refractivity contribution < 1.29 is 23.2 Å². The van der Waals surface area contributed by atoms with Crippen molar-refractivity contribution in [3.05, 3.63) is 42.0 Å². The van der Waals surface area contributed by atoms with Gasteiger partial charge >= 0.3 is 0 Å². The van der Waals surface area contributed by atoms with Gasteiger partial charge in [0.2, 0.25) is 11.7 Å². The molecule has 0 aromatic carbocycles. The quantitative estimate of drug-likeness (QED) is 0.432. The molecule has 4 rings (SSSR count). The zero-order chi connectivity index (χ0) is 26.4. The predicted molar refractivity (Wildman–Crippen MR) is 133 cm³/mol. The molecule has 1 saturated heterocycles. The lowest BCUT2D eigenvalue weighted by molar-refractivity contribution is -0.143. The van der Waals surface area contributed by atoms with Crippen LogP contribution in [0.25, 0.3) is 11.6 Å². The Morgan fingerprint density at radius 1 is 1.19 bits per heavy atom. The number of carbonyl (C=O) groups is 2. The van der Waals surface area contributed by atoms with Gasteiger partial charge in [0.05, 0.1) is 19.5 Å². The second kappa shape index (κ2) is 11.7. The van der Waals surface area contributed by atoms with Crippen LogP contribution in [0.1, 0.15) is 44.8 Å². The Kier molecular flexibility index (Phi) is 8.39. The van der Waals surface area contributed by atoms with Crippen LogP contribution >= 0.6 is 0 Å². The molecule has 0 aliphatic carbocycles. The van der Waals surface area contributed by atoms with Crippen LogP contribution in [0.2, 0.25) is 0 Å². The van der Waals surface area contributed by atoms with Crippen molar-refractivity contribution >= 4 is 11.8 Å². The molecule has 1 aliphatic heterocycles. The summed E-state index contributed by atoms with van der Waals surface area (Å²) in [4.78, 5) is 32.2. The average molecular weight is 514 g/mol. The van der Waals surface area contributed by atoms with Gasteiger partial charge in [-0.3, -0.25) is 14.5 Å². The van der Waals surface area contributed by atoms with Crippen LogP contribution < -0.4 is 5.32 Å². The van der Waals surface area contributed by atoms with Crippen molar-refractivity contribution in [1.82, 2.24) is 35.3 Å². The summed E-state index contributed by atoms with van der Waals surface area (Å²) >= 11 is 0. The fourth-order valence-electron chi connectivity index (χ4n) is 4.17. The second-order valence-corrected chi connectivity index (χ2v) is 10.1. The van der Waals surface area contributed by atoms with Crippen LogP contribution in [0, 0.1) is 6.92 Å². The van der Waals surface area contributed by atoms with Gasteiger partial charge in [0.15, 0.2) is 11.8 Å². The van der Waals surface area contributed by atoms with Gasteiger partial charge in [-0.25, -0.2) is 0 Å². The largest absolute Gasteiger partial charge is 0.467 e. The van der Waals surface area contributed by atoms with Crippen LogP contribution in [0.15, 0.2) is 39.4 Å². The number of nitrogens with zero attached hydrogens (tertiary/aromatic N) is 6. The summed E-state index contributed by atoms with van der Waals surface area (Å²) in [6.45, 7) is 11.5. The van der Waals surface area contributed by atoms with Gasteiger partial charge in [-0.15, -0.1) is 10.2 Å². The highest BCUT2D eigenvalue weighted by molar-refractivity contribution is 5.88. The number of hydrogen-bond donors (Lipinski definition) is 1. The fourth-order valence-corrected chi connectivity index (χ4v) is 4.17. The van der Waals surface area contributed by atoms with Gasteiger partial charge in [0.25, 0.3) is 5.91 Å². The van der Waals surface area contributed by atoms with Crippen LogP contribution in [-0.4, -0.2) is 86.8 Å². The van der Waals surface area contributed by atoms with Crippen LogP contribution in [-0.2, 0) is 20.9 Å². The van der Waals surface area contributed by atoms with E-state index in [0.29, 0.717) is 37.7 Å². The number of hydrogen-bond acceptors (Lipinski definition) is 9. The minimum Gasteiger partial charge on any atom is -0.467 e. The number of rotatable bonds is 10. The van der Waals surface area contributed by atoms with Gasteiger partial charge in [-0.1, -0.05) is 0 Å². The standard InChI is InChI=1S/C25H35N7O5/c1-18-8-9-20(37-18)23-27-29-32(28-23)17-21(33)31(11-6-10-30-12-15-35-16-13-30)22(19-7-5-14-36-19)24(34)26-25(2,3)4/h5,7-9,14,22H,6,10-13,15-17H2,1-4H3,(H,26,34)/t22-/m1/s1. The highest BCUT2D eigenvalue weighted by Gasteiger charge is 2.35. The molecule has 1 aliphatic rings. The number of carbonyl (C=O) groups excluding carboxylic acids is 2. The van der Waals surface area contributed by atoms with E-state index in [2.05, 4.69) is 25.6 Å². The molecule has 1 atom stereocenters. The Labute approximate surface area is 215 Å². The third-order valence-corrected chi connectivity index (χ3v) is 5.86. The molecule has 0 spiro atoms. The molecular formula is C25H35N7O5. The first-order valence-corrected chi connectivity index (χ1v) is 12.5. The zero-order valence-electron chi connectivity index (χ0n) is 21.8. The number of furan rings is 2. The van der Waals surface area contributed by atoms with Crippen molar-refractivity contribution in [2.75, 3.05) is 39.4 Å². The molecular weight excluding hydrogens is 478 g/mol. The second-order valence-electron chi connectivity index (χ2n) is 10.1. The monoisotopic (exact) mass is 513 g/mol. The summed E-state index contributed by atoms with van der Waals surface area (Å²) in [6, 6.07) is 6.03. The number of aromatic nitrogens is 4. The van der Waals surface area contributed by atoms with Crippen molar-refractivity contribution in [1.29, 1.82) is 0 Å². The number of amides is 2. The summed E-state index contributed by atoms with van der Waals surface area (Å²) in [5.74, 6) is 1.22. The molecule has 12 nitrogen and oxygen atoms in total. The molecule has 0 unspecified atom stereocenters. The van der Waals surface area contributed by atoms with Gasteiger partial charge < -0.3 is 23.8 Å². The minimum absolute atomic E-state index is 0.190. The fraction of sp³-hybridized carbons (Fsp3) is 0.560. The molecule has 3 aromatic heterocycles. The van der Waals surface area contributed by atoms with E-state index in [4.69, 9.17) is 13.6 Å². The lowest BCUT2D eigenvalue weighted by atomic mass is 10.1. The Morgan fingerprint density at radius 2 is 1.97 bits per heavy atom. The topological polar surface area (TPSA) is 132 Å². The summed E-state index contributed by atoms with van der Waals surface area (Å²) in [6.07, 6.45) is 2.17. The lowest BCUT2D eigenvalue weighted by Crippen LogP contribution is -2.50. The Bertz CT molecular complexity index is 1160. The third kappa shape index (κ3) is 7.26. The first-order valence-electron chi connectivity index (χ1n) is 12.5. The Hall–Kier alpha value is -3.51. The molecule has 12 heteroatoms. The number of morpholine rings is 1. The van der Waals surface area contributed by atoms with E-state index in [1.807, 2.05) is 27.7 Å². The van der Waals surface area contributed by atoms with Gasteiger partial charge in [-0.2, -0.15) is 4.80 Å². The van der Waals surface area contributed by atoms with E-state index in [1.54, 1.807) is 29.2 Å². The van der Waals surface area contributed by atoms with Crippen molar-refractivity contribution in [3.63, 3.8) is 0 Å². The molecule has 2 amide bonds. The zero-order valence-corrected chi connectivity index (χ0v) is 21.8. The van der Waals surface area contributed by atoms with E-state index < -0.39 is 11.6 Å². The highest BCUT2D eigenvalue weighted by Crippen LogP contribution is 2.24. The maximum Gasteiger partial charge on any atom is 0.251 e. The summed E-state index contributed by atoms with van der Waals surface area (Å²) in [5.41, 5.74) is -0.492. The van der Waals surface area contributed by atoms with Crippen LogP contribution in [0.3, 0.4) is 0 Å². The minimum atomic E-state index is -0.942. The first kappa shape index (κ1) is 26.6. The number of aryl methyl sites for hydroxylation is 1. The predicted octanol–water partition coefficient (Wildman–Crippen LogP) is 2.04. The van der Waals surface area contributed by atoms with E-state index in [-0.39, 0.29) is 24.2 Å². The summed E-state index contributed by atoms with van der Waals surface area (Å²) in [5, 5.41) is 15.3. The highest BCUT2D eigenvalue weighted by atomic mass is 16.5. The molecule has 1 fully saturated rings. The van der Waals surface area contributed by atoms with Crippen molar-refractivity contribution in [2.24, 2.45) is 0 Å². The Morgan fingerprint density at radius 3 is 2.62 bits per heavy atom. The maximum atomic E-state index is 13.7. The normalized spacial score (nSPS) is 15.5. The number of tetrazole rings is 1. The average Bonchev–Trinajstić information content (AvgIpc) is 3.60. The summed E-state index contributed by atoms with van der Waals surface area (Å²) in [7, 11) is 0. The van der Waals surface area contributed by atoms with Crippen LogP contribution in [0.4, 0.5) is 0 Å². The molecule has 37 heavy (non-hydrogen) atoms. The molecule has 1 N–H and O–H groups in total. The lowest BCUT2D eigenvalue weighted by Gasteiger charge is -2.33. The van der Waals surface area contributed by atoms with Crippen molar-refractivity contribution in [3.8, 4) is 11.6 Å². The molecule has 200 valence electrons. The van der Waals surface area contributed by atoms with Gasteiger partial charge in [0.1, 0.15) is 18.1 Å². The van der Waals surface area contributed by atoms with E-state index >= 15 is 0 Å². The molecule has 0 radical (unpaired) electrons. The van der Waals surface area contributed by atoms with E-state index in [1.165, 1.54) is 11.1 Å². The maximum absolute atomic E-state index is 13.7. The Balaban J connectivity index is 1.54. The first-order chi connectivity index (χ1) is 17.7. The SMILES string of the molecule is Cc1ccc(-c2nnn(CC(=O)N(CCCN3CCOCC3)[C@@H](C(=O)NC(C)(C)C)c3ccco3)n2)o1. The third-order valence-electron chi connectivity index (χ3n) is 5.86. The smallest absolute Gasteiger partial charge is 0.251 e. The molecule has 0 bridgehead atoms. The number of ether oxygens (including phenoxy) is 1. The summed E-state index contributed by atoms with van der Waals surface area (Å²) < 4.78 is 16.6.